The van der Waals surface area contributed by atoms with Gasteiger partial charge in [-0.1, -0.05) is 6.07 Å². The standard InChI is InChI=1S/C17H22N2O2/c1-10-4-5-11(17(21)19(2)3)9-15(10)18-16(20)14-7-12-6-13(12)8-14/h4-5,9,12-14H,6-8H2,1-3H3,(H,18,20). The van der Waals surface area contributed by atoms with Crippen molar-refractivity contribution in [3.63, 3.8) is 0 Å². The molecule has 112 valence electrons. The van der Waals surface area contributed by atoms with Crippen LogP contribution in [0.5, 0.6) is 0 Å². The predicted molar refractivity (Wildman–Crippen MR) is 82.1 cm³/mol. The zero-order chi connectivity index (χ0) is 15.1. The molecule has 0 spiro atoms. The number of anilines is 1. The van der Waals surface area contributed by atoms with Crippen molar-refractivity contribution >= 4 is 17.5 Å². The lowest BCUT2D eigenvalue weighted by Gasteiger charge is -2.16. The van der Waals surface area contributed by atoms with Crippen LogP contribution in [0.3, 0.4) is 0 Å². The highest BCUT2D eigenvalue weighted by molar-refractivity contribution is 5.98. The Morgan fingerprint density at radius 2 is 1.81 bits per heavy atom. The number of carbonyl (C=O) groups excluding carboxylic acids is 2. The molecule has 1 N–H and O–H groups in total. The molecular formula is C17H22N2O2. The van der Waals surface area contributed by atoms with E-state index in [1.54, 1.807) is 31.1 Å². The molecule has 2 amide bonds. The molecule has 1 aromatic rings. The summed E-state index contributed by atoms with van der Waals surface area (Å²) in [6.45, 7) is 1.95. The molecule has 2 aliphatic rings. The van der Waals surface area contributed by atoms with Crippen molar-refractivity contribution in [3.05, 3.63) is 29.3 Å². The Morgan fingerprint density at radius 3 is 2.43 bits per heavy atom. The van der Waals surface area contributed by atoms with Crippen LogP contribution in [-0.2, 0) is 4.79 Å². The predicted octanol–water partition coefficient (Wildman–Crippen LogP) is 2.68. The van der Waals surface area contributed by atoms with E-state index in [0.717, 1.165) is 35.9 Å². The second kappa shape index (κ2) is 5.17. The summed E-state index contributed by atoms with van der Waals surface area (Å²) >= 11 is 0. The first kappa shape index (κ1) is 14.1. The molecule has 0 heterocycles. The summed E-state index contributed by atoms with van der Waals surface area (Å²) in [5, 5.41) is 3.02. The lowest BCUT2D eigenvalue weighted by Crippen LogP contribution is -2.24. The van der Waals surface area contributed by atoms with Gasteiger partial charge in [-0.15, -0.1) is 0 Å². The molecule has 2 unspecified atom stereocenters. The summed E-state index contributed by atoms with van der Waals surface area (Å²) in [7, 11) is 3.45. The number of rotatable bonds is 3. The molecule has 2 aliphatic carbocycles. The minimum Gasteiger partial charge on any atom is -0.345 e. The Morgan fingerprint density at radius 1 is 1.14 bits per heavy atom. The van der Waals surface area contributed by atoms with Crippen LogP contribution in [0.25, 0.3) is 0 Å². The second-order valence-corrected chi connectivity index (χ2v) is 6.64. The van der Waals surface area contributed by atoms with Crippen LogP contribution >= 0.6 is 0 Å². The Balaban J connectivity index is 1.73. The van der Waals surface area contributed by atoms with E-state index in [9.17, 15) is 9.59 Å². The molecule has 21 heavy (non-hydrogen) atoms. The van der Waals surface area contributed by atoms with Gasteiger partial charge in [-0.2, -0.15) is 0 Å². The summed E-state index contributed by atoms with van der Waals surface area (Å²) in [6.07, 6.45) is 3.38. The molecule has 0 bridgehead atoms. The summed E-state index contributed by atoms with van der Waals surface area (Å²) in [5.74, 6) is 1.81. The molecule has 2 atom stereocenters. The van der Waals surface area contributed by atoms with Crippen molar-refractivity contribution in [1.82, 2.24) is 4.90 Å². The first-order valence-corrected chi connectivity index (χ1v) is 7.59. The minimum atomic E-state index is -0.0485. The molecular weight excluding hydrogens is 264 g/mol. The summed E-state index contributed by atoms with van der Waals surface area (Å²) in [4.78, 5) is 25.9. The van der Waals surface area contributed by atoms with Gasteiger partial charge < -0.3 is 10.2 Å². The van der Waals surface area contributed by atoms with Crippen LogP contribution in [0.4, 0.5) is 5.69 Å². The number of fused-ring (bicyclic) bond motifs is 1. The van der Waals surface area contributed by atoms with Gasteiger partial charge in [0.05, 0.1) is 0 Å². The first-order chi connectivity index (χ1) is 9.95. The van der Waals surface area contributed by atoms with E-state index >= 15 is 0 Å². The van der Waals surface area contributed by atoms with Crippen molar-refractivity contribution in [3.8, 4) is 0 Å². The summed E-state index contributed by atoms with van der Waals surface area (Å²) < 4.78 is 0. The van der Waals surface area contributed by atoms with E-state index in [0.29, 0.717) is 5.56 Å². The van der Waals surface area contributed by atoms with E-state index in [2.05, 4.69) is 5.32 Å². The van der Waals surface area contributed by atoms with Gasteiger partial charge in [0, 0.05) is 31.3 Å². The van der Waals surface area contributed by atoms with Crippen molar-refractivity contribution in [2.24, 2.45) is 17.8 Å². The number of hydrogen-bond donors (Lipinski definition) is 1. The van der Waals surface area contributed by atoms with E-state index in [-0.39, 0.29) is 17.7 Å². The average molecular weight is 286 g/mol. The number of benzene rings is 1. The average Bonchev–Trinajstić information content (AvgIpc) is 3.06. The van der Waals surface area contributed by atoms with Crippen LogP contribution in [0.2, 0.25) is 0 Å². The lowest BCUT2D eigenvalue weighted by molar-refractivity contribution is -0.120. The molecule has 3 rings (SSSR count). The summed E-state index contributed by atoms with van der Waals surface area (Å²) in [6, 6.07) is 5.47. The van der Waals surface area contributed by atoms with Crippen LogP contribution in [0.1, 0.15) is 35.2 Å². The van der Waals surface area contributed by atoms with Gasteiger partial charge >= 0.3 is 0 Å². The SMILES string of the molecule is Cc1ccc(C(=O)N(C)C)cc1NC(=O)C1CC2CC2C1. The Hall–Kier alpha value is -1.84. The van der Waals surface area contributed by atoms with Crippen molar-refractivity contribution < 1.29 is 9.59 Å². The van der Waals surface area contributed by atoms with Gasteiger partial charge in [0.15, 0.2) is 0 Å². The molecule has 2 saturated carbocycles. The van der Waals surface area contributed by atoms with Crippen LogP contribution in [0, 0.1) is 24.7 Å². The lowest BCUT2D eigenvalue weighted by atomic mass is 10.0. The quantitative estimate of drug-likeness (QED) is 0.928. The molecule has 0 radical (unpaired) electrons. The fourth-order valence-corrected chi connectivity index (χ4v) is 3.31. The number of hydrogen-bond acceptors (Lipinski definition) is 2. The van der Waals surface area contributed by atoms with Crippen LogP contribution in [-0.4, -0.2) is 30.8 Å². The van der Waals surface area contributed by atoms with E-state index in [4.69, 9.17) is 0 Å². The first-order valence-electron chi connectivity index (χ1n) is 7.59. The third-order valence-electron chi connectivity index (χ3n) is 4.76. The van der Waals surface area contributed by atoms with Gasteiger partial charge in [0.2, 0.25) is 5.91 Å². The third-order valence-corrected chi connectivity index (χ3v) is 4.76. The fourth-order valence-electron chi connectivity index (χ4n) is 3.31. The Bertz CT molecular complexity index is 584. The van der Waals surface area contributed by atoms with Crippen molar-refractivity contribution in [1.29, 1.82) is 0 Å². The van der Waals surface area contributed by atoms with E-state index in [1.807, 2.05) is 13.0 Å². The molecule has 2 fully saturated rings. The molecule has 4 nitrogen and oxygen atoms in total. The maximum Gasteiger partial charge on any atom is 0.253 e. The molecule has 1 aromatic carbocycles. The third kappa shape index (κ3) is 2.80. The maximum absolute atomic E-state index is 12.3. The van der Waals surface area contributed by atoms with Gasteiger partial charge in [0.1, 0.15) is 0 Å². The van der Waals surface area contributed by atoms with Crippen LogP contribution in [0.15, 0.2) is 18.2 Å². The largest absolute Gasteiger partial charge is 0.345 e. The topological polar surface area (TPSA) is 49.4 Å². The molecule has 0 aliphatic heterocycles. The summed E-state index contributed by atoms with van der Waals surface area (Å²) in [5.41, 5.74) is 2.35. The highest BCUT2D eigenvalue weighted by atomic mass is 16.2. The Labute approximate surface area is 125 Å². The number of aryl methyl sites for hydroxylation is 1. The second-order valence-electron chi connectivity index (χ2n) is 6.64. The number of nitrogens with zero attached hydrogens (tertiary/aromatic N) is 1. The van der Waals surface area contributed by atoms with Gasteiger partial charge in [-0.3, -0.25) is 9.59 Å². The minimum absolute atomic E-state index is 0.0485. The van der Waals surface area contributed by atoms with Crippen molar-refractivity contribution in [2.45, 2.75) is 26.2 Å². The Kier molecular flexibility index (Phi) is 3.47. The number of carbonyl (C=O) groups is 2. The molecule has 0 saturated heterocycles. The fraction of sp³-hybridized carbons (Fsp3) is 0.529. The van der Waals surface area contributed by atoms with E-state index < -0.39 is 0 Å². The normalized spacial score (nSPS) is 26.1. The highest BCUT2D eigenvalue weighted by Crippen LogP contribution is 2.54. The number of amides is 2. The van der Waals surface area contributed by atoms with Crippen molar-refractivity contribution in [2.75, 3.05) is 19.4 Å². The maximum atomic E-state index is 12.3. The van der Waals surface area contributed by atoms with E-state index in [1.165, 1.54) is 6.42 Å². The monoisotopic (exact) mass is 286 g/mol. The van der Waals surface area contributed by atoms with Gasteiger partial charge in [-0.25, -0.2) is 0 Å². The zero-order valence-electron chi connectivity index (χ0n) is 12.8. The zero-order valence-corrected chi connectivity index (χ0v) is 12.8. The molecule has 4 heteroatoms. The molecule has 0 aromatic heterocycles. The van der Waals surface area contributed by atoms with Crippen LogP contribution < -0.4 is 5.32 Å². The smallest absolute Gasteiger partial charge is 0.253 e. The highest BCUT2D eigenvalue weighted by Gasteiger charge is 2.48. The van der Waals surface area contributed by atoms with Gasteiger partial charge in [0.25, 0.3) is 5.91 Å². The number of nitrogens with one attached hydrogen (secondary N) is 1. The van der Waals surface area contributed by atoms with Gasteiger partial charge in [-0.05, 0) is 55.7 Å².